The van der Waals surface area contributed by atoms with Crippen LogP contribution in [0.5, 0.6) is 0 Å². The number of aromatic nitrogens is 1. The molecule has 1 aromatic heterocycles. The number of aryl methyl sites for hydroxylation is 1. The highest BCUT2D eigenvalue weighted by Crippen LogP contribution is 2.40. The minimum Gasteiger partial charge on any atom is -0.478 e. The number of carboxylic acids is 1. The second kappa shape index (κ2) is 5.40. The first-order valence-electron chi connectivity index (χ1n) is 7.35. The zero-order valence-electron chi connectivity index (χ0n) is 12.4. The zero-order valence-corrected chi connectivity index (χ0v) is 12.4. The number of rotatable bonds is 3. The molecule has 19 heavy (non-hydrogen) atoms. The van der Waals surface area contributed by atoms with Crippen LogP contribution in [-0.2, 0) is 0 Å². The Bertz CT molecular complexity index is 473. The summed E-state index contributed by atoms with van der Waals surface area (Å²) in [6, 6.07) is 2.30. The fourth-order valence-corrected chi connectivity index (χ4v) is 3.74. The minimum atomic E-state index is -0.809. The molecule has 1 saturated carbocycles. The summed E-state index contributed by atoms with van der Waals surface area (Å²) in [5.74, 6) is 0.510. The quantitative estimate of drug-likeness (QED) is 0.888. The lowest BCUT2D eigenvalue weighted by atomic mass is 9.77. The van der Waals surface area contributed by atoms with Crippen LogP contribution in [0.25, 0.3) is 0 Å². The molecule has 0 radical (unpaired) electrons. The topological polar surface area (TPSA) is 42.2 Å². The molecule has 3 nitrogen and oxygen atoms in total. The molecule has 1 fully saturated rings. The second-order valence-corrected chi connectivity index (χ2v) is 6.22. The van der Waals surface area contributed by atoms with E-state index in [0.717, 1.165) is 11.4 Å². The van der Waals surface area contributed by atoms with Crippen LogP contribution in [0.3, 0.4) is 0 Å². The van der Waals surface area contributed by atoms with Gasteiger partial charge in [0.15, 0.2) is 0 Å². The summed E-state index contributed by atoms with van der Waals surface area (Å²) in [5.41, 5.74) is 2.47. The maximum atomic E-state index is 11.3. The number of carbonyl (C=O) groups is 1. The van der Waals surface area contributed by atoms with Gasteiger partial charge in [0.05, 0.1) is 5.56 Å². The van der Waals surface area contributed by atoms with Crippen molar-refractivity contribution in [3.63, 3.8) is 0 Å². The molecule has 2 atom stereocenters. The monoisotopic (exact) mass is 263 g/mol. The van der Waals surface area contributed by atoms with Gasteiger partial charge in [-0.15, -0.1) is 0 Å². The molecule has 0 amide bonds. The molecule has 1 heterocycles. The van der Waals surface area contributed by atoms with Gasteiger partial charge in [0.2, 0.25) is 0 Å². The second-order valence-electron chi connectivity index (χ2n) is 6.22. The highest BCUT2D eigenvalue weighted by molar-refractivity contribution is 5.89. The van der Waals surface area contributed by atoms with Crippen molar-refractivity contribution in [1.82, 2.24) is 4.57 Å². The Hall–Kier alpha value is -1.25. The van der Waals surface area contributed by atoms with Gasteiger partial charge in [0.25, 0.3) is 0 Å². The van der Waals surface area contributed by atoms with Gasteiger partial charge < -0.3 is 9.67 Å². The van der Waals surface area contributed by atoms with Crippen molar-refractivity contribution in [3.8, 4) is 0 Å². The lowest BCUT2D eigenvalue weighted by Crippen LogP contribution is -2.28. The number of nitrogens with zero attached hydrogens (tertiary/aromatic N) is 1. The van der Waals surface area contributed by atoms with Gasteiger partial charge >= 0.3 is 5.97 Å². The Labute approximate surface area is 115 Å². The molecule has 106 valence electrons. The molecule has 0 aromatic carbocycles. The summed E-state index contributed by atoms with van der Waals surface area (Å²) in [5, 5.41) is 9.26. The molecule has 1 aromatic rings. The molecule has 0 saturated heterocycles. The van der Waals surface area contributed by atoms with E-state index < -0.39 is 5.97 Å². The van der Waals surface area contributed by atoms with Gasteiger partial charge in [-0.05, 0) is 44.6 Å². The average Bonchev–Trinajstić information content (AvgIpc) is 2.65. The highest BCUT2D eigenvalue weighted by atomic mass is 16.4. The number of hydrogen-bond donors (Lipinski definition) is 1. The largest absolute Gasteiger partial charge is 0.478 e. The van der Waals surface area contributed by atoms with Gasteiger partial charge in [-0.2, -0.15) is 0 Å². The molecule has 3 heteroatoms. The molecule has 2 rings (SSSR count). The maximum Gasteiger partial charge on any atom is 0.337 e. The zero-order chi connectivity index (χ0) is 14.2. The molecular formula is C16H25NO2. The Morgan fingerprint density at radius 3 is 2.47 bits per heavy atom. The van der Waals surface area contributed by atoms with E-state index in [9.17, 15) is 9.90 Å². The van der Waals surface area contributed by atoms with Crippen molar-refractivity contribution >= 4 is 5.97 Å². The highest BCUT2D eigenvalue weighted by Gasteiger charge is 2.31. The molecule has 0 spiro atoms. The van der Waals surface area contributed by atoms with Crippen molar-refractivity contribution in [3.05, 3.63) is 23.0 Å². The predicted octanol–water partition coefficient (Wildman–Crippen LogP) is 4.19. The van der Waals surface area contributed by atoms with E-state index in [1.54, 1.807) is 0 Å². The third-order valence-electron chi connectivity index (χ3n) is 4.68. The molecule has 1 aliphatic rings. The van der Waals surface area contributed by atoms with E-state index in [0.29, 0.717) is 23.4 Å². The first kappa shape index (κ1) is 14.2. The van der Waals surface area contributed by atoms with Crippen LogP contribution in [0.15, 0.2) is 6.07 Å². The van der Waals surface area contributed by atoms with E-state index >= 15 is 0 Å². The SMILES string of the molecule is Cc1cc(C(=O)O)c(C)n1C1CCCCC1C(C)C. The first-order chi connectivity index (χ1) is 8.93. The molecular weight excluding hydrogens is 238 g/mol. The fourth-order valence-electron chi connectivity index (χ4n) is 3.74. The Kier molecular flexibility index (Phi) is 4.02. The fraction of sp³-hybridized carbons (Fsp3) is 0.688. The van der Waals surface area contributed by atoms with Crippen LogP contribution in [0.4, 0.5) is 0 Å². The van der Waals surface area contributed by atoms with Crippen LogP contribution in [0, 0.1) is 25.7 Å². The summed E-state index contributed by atoms with van der Waals surface area (Å²) >= 11 is 0. The Morgan fingerprint density at radius 2 is 1.95 bits per heavy atom. The van der Waals surface area contributed by atoms with Crippen LogP contribution in [0.1, 0.15) is 67.3 Å². The molecule has 1 aliphatic carbocycles. The lowest BCUT2D eigenvalue weighted by Gasteiger charge is -2.37. The number of hydrogen-bond acceptors (Lipinski definition) is 1. The van der Waals surface area contributed by atoms with Gasteiger partial charge in [-0.1, -0.05) is 26.7 Å². The standard InChI is InChI=1S/C16H25NO2/c1-10(2)13-7-5-6-8-15(13)17-11(3)9-14(12(17)4)16(18)19/h9-10,13,15H,5-8H2,1-4H3,(H,18,19). The predicted molar refractivity (Wildman–Crippen MR) is 76.7 cm³/mol. The van der Waals surface area contributed by atoms with Crippen molar-refractivity contribution in [2.24, 2.45) is 11.8 Å². The summed E-state index contributed by atoms with van der Waals surface area (Å²) in [6.45, 7) is 8.55. The normalized spacial score (nSPS) is 23.8. The molecule has 0 bridgehead atoms. The summed E-state index contributed by atoms with van der Waals surface area (Å²) in [7, 11) is 0. The summed E-state index contributed by atoms with van der Waals surface area (Å²) in [6.07, 6.45) is 5.01. The molecule has 2 unspecified atom stereocenters. The van der Waals surface area contributed by atoms with Gasteiger partial charge in [-0.3, -0.25) is 0 Å². The van der Waals surface area contributed by atoms with Crippen LogP contribution in [0.2, 0.25) is 0 Å². The van der Waals surface area contributed by atoms with E-state index in [-0.39, 0.29) is 0 Å². The molecule has 1 N–H and O–H groups in total. The van der Waals surface area contributed by atoms with Crippen LogP contribution in [-0.4, -0.2) is 15.6 Å². The number of aromatic carboxylic acids is 1. The van der Waals surface area contributed by atoms with Gasteiger partial charge in [0.1, 0.15) is 0 Å². The van der Waals surface area contributed by atoms with Crippen molar-refractivity contribution in [2.45, 2.75) is 59.4 Å². The van der Waals surface area contributed by atoms with Crippen molar-refractivity contribution in [1.29, 1.82) is 0 Å². The third kappa shape index (κ3) is 2.56. The van der Waals surface area contributed by atoms with Gasteiger partial charge in [-0.25, -0.2) is 4.79 Å². The first-order valence-corrected chi connectivity index (χ1v) is 7.35. The summed E-state index contributed by atoms with van der Waals surface area (Å²) in [4.78, 5) is 11.3. The Morgan fingerprint density at radius 1 is 1.32 bits per heavy atom. The van der Waals surface area contributed by atoms with Gasteiger partial charge in [0, 0.05) is 17.4 Å². The summed E-state index contributed by atoms with van der Waals surface area (Å²) < 4.78 is 2.28. The maximum absolute atomic E-state index is 11.3. The van der Waals surface area contributed by atoms with E-state index in [2.05, 4.69) is 18.4 Å². The molecule has 0 aliphatic heterocycles. The number of carboxylic acid groups (broad SMARTS) is 1. The third-order valence-corrected chi connectivity index (χ3v) is 4.68. The van der Waals surface area contributed by atoms with E-state index in [1.807, 2.05) is 19.9 Å². The van der Waals surface area contributed by atoms with Crippen molar-refractivity contribution in [2.75, 3.05) is 0 Å². The minimum absolute atomic E-state index is 0.463. The van der Waals surface area contributed by atoms with Crippen LogP contribution < -0.4 is 0 Å². The Balaban J connectivity index is 2.42. The van der Waals surface area contributed by atoms with E-state index in [1.165, 1.54) is 25.7 Å². The van der Waals surface area contributed by atoms with Crippen LogP contribution >= 0.6 is 0 Å². The smallest absolute Gasteiger partial charge is 0.337 e. The van der Waals surface area contributed by atoms with Crippen molar-refractivity contribution < 1.29 is 9.90 Å². The van der Waals surface area contributed by atoms with E-state index in [4.69, 9.17) is 0 Å². The lowest BCUT2D eigenvalue weighted by molar-refractivity contribution is 0.0695. The average molecular weight is 263 g/mol.